The van der Waals surface area contributed by atoms with E-state index in [1.165, 1.54) is 0 Å². The molecule has 0 aliphatic carbocycles. The van der Waals surface area contributed by atoms with Crippen LogP contribution in [0.25, 0.3) is 0 Å². The Bertz CT molecular complexity index is 937. The maximum absolute atomic E-state index is 6.21. The lowest BCUT2D eigenvalue weighted by atomic mass is 10.2. The Morgan fingerprint density at radius 3 is 2.77 bits per heavy atom. The van der Waals surface area contributed by atoms with E-state index in [0.717, 1.165) is 47.3 Å². The Labute approximate surface area is 186 Å². The van der Waals surface area contributed by atoms with Crippen LogP contribution < -0.4 is 14.8 Å². The van der Waals surface area contributed by atoms with Gasteiger partial charge in [-0.15, -0.1) is 5.10 Å². The number of rotatable bonds is 12. The fourth-order valence-corrected chi connectivity index (χ4v) is 3.74. The van der Waals surface area contributed by atoms with Gasteiger partial charge in [0.25, 0.3) is 0 Å². The van der Waals surface area contributed by atoms with E-state index in [0.29, 0.717) is 24.0 Å². The van der Waals surface area contributed by atoms with E-state index in [2.05, 4.69) is 26.9 Å². The molecule has 160 valence electrons. The van der Waals surface area contributed by atoms with Gasteiger partial charge in [-0.25, -0.2) is 4.68 Å². The lowest BCUT2D eigenvalue weighted by molar-refractivity contribution is 0.269. The SMILES string of the molecule is CCOc1cc(CNCCCSc2nnnn2C)ccc1OCc1ccccc1Cl. The van der Waals surface area contributed by atoms with E-state index >= 15 is 0 Å². The van der Waals surface area contributed by atoms with Crippen LogP contribution in [-0.4, -0.2) is 39.1 Å². The summed E-state index contributed by atoms with van der Waals surface area (Å²) in [6, 6.07) is 13.7. The maximum atomic E-state index is 6.21. The second kappa shape index (κ2) is 11.8. The highest BCUT2D eigenvalue weighted by Gasteiger charge is 2.08. The molecule has 3 rings (SSSR count). The topological polar surface area (TPSA) is 74.1 Å². The molecule has 0 aliphatic heterocycles. The molecule has 9 heteroatoms. The lowest BCUT2D eigenvalue weighted by Crippen LogP contribution is -2.15. The largest absolute Gasteiger partial charge is 0.490 e. The van der Waals surface area contributed by atoms with Gasteiger partial charge in [-0.1, -0.05) is 47.6 Å². The third-order valence-electron chi connectivity index (χ3n) is 4.29. The molecule has 30 heavy (non-hydrogen) atoms. The van der Waals surface area contributed by atoms with E-state index in [-0.39, 0.29) is 0 Å². The van der Waals surface area contributed by atoms with E-state index < -0.39 is 0 Å². The summed E-state index contributed by atoms with van der Waals surface area (Å²) in [5.74, 6) is 2.42. The zero-order valence-corrected chi connectivity index (χ0v) is 18.7. The molecule has 3 aromatic rings. The van der Waals surface area contributed by atoms with Crippen molar-refractivity contribution in [2.75, 3.05) is 18.9 Å². The number of nitrogens with zero attached hydrogens (tertiary/aromatic N) is 4. The van der Waals surface area contributed by atoms with Crippen LogP contribution in [-0.2, 0) is 20.2 Å². The summed E-state index contributed by atoms with van der Waals surface area (Å²) in [6.07, 6.45) is 1.02. The fraction of sp³-hybridized carbons (Fsp3) is 0.381. The van der Waals surface area contributed by atoms with Gasteiger partial charge in [0.2, 0.25) is 5.16 Å². The van der Waals surface area contributed by atoms with Crippen LogP contribution >= 0.6 is 23.4 Å². The van der Waals surface area contributed by atoms with Crippen LogP contribution in [0.4, 0.5) is 0 Å². The number of hydrogen-bond acceptors (Lipinski definition) is 7. The number of hydrogen-bond donors (Lipinski definition) is 1. The number of aromatic nitrogens is 4. The normalized spacial score (nSPS) is 10.9. The smallest absolute Gasteiger partial charge is 0.209 e. The quantitative estimate of drug-likeness (QED) is 0.330. The molecule has 2 aromatic carbocycles. The predicted octanol–water partition coefficient (Wildman–Crippen LogP) is 4.11. The average Bonchev–Trinajstić information content (AvgIpc) is 3.16. The van der Waals surface area contributed by atoms with Crippen molar-refractivity contribution >= 4 is 23.4 Å². The third kappa shape index (κ3) is 6.62. The minimum Gasteiger partial charge on any atom is -0.490 e. The third-order valence-corrected chi connectivity index (χ3v) is 5.75. The molecule has 0 unspecified atom stereocenters. The van der Waals surface area contributed by atoms with Gasteiger partial charge in [-0.3, -0.25) is 0 Å². The molecule has 0 atom stereocenters. The summed E-state index contributed by atoms with van der Waals surface area (Å²) in [7, 11) is 1.85. The van der Waals surface area contributed by atoms with Crippen molar-refractivity contribution in [3.05, 3.63) is 58.6 Å². The fourth-order valence-electron chi connectivity index (χ4n) is 2.76. The van der Waals surface area contributed by atoms with Crippen molar-refractivity contribution in [3.63, 3.8) is 0 Å². The van der Waals surface area contributed by atoms with E-state index in [4.69, 9.17) is 21.1 Å². The van der Waals surface area contributed by atoms with Crippen LogP contribution in [0.3, 0.4) is 0 Å². The number of aryl methyl sites for hydroxylation is 1. The van der Waals surface area contributed by atoms with Crippen molar-refractivity contribution in [2.45, 2.75) is 31.7 Å². The lowest BCUT2D eigenvalue weighted by Gasteiger charge is -2.14. The summed E-state index contributed by atoms with van der Waals surface area (Å²) in [5.41, 5.74) is 2.09. The Balaban J connectivity index is 1.46. The van der Waals surface area contributed by atoms with Crippen LogP contribution in [0.1, 0.15) is 24.5 Å². The van der Waals surface area contributed by atoms with Gasteiger partial charge in [0, 0.05) is 29.9 Å². The molecule has 0 saturated heterocycles. The van der Waals surface area contributed by atoms with Crippen molar-refractivity contribution < 1.29 is 9.47 Å². The van der Waals surface area contributed by atoms with Gasteiger partial charge in [-0.2, -0.15) is 0 Å². The van der Waals surface area contributed by atoms with Crippen LogP contribution in [0, 0.1) is 0 Å². The summed E-state index contributed by atoms with van der Waals surface area (Å²) >= 11 is 7.87. The number of halogens is 1. The first-order chi connectivity index (χ1) is 14.7. The Kier molecular flexibility index (Phi) is 8.80. The summed E-state index contributed by atoms with van der Waals surface area (Å²) in [4.78, 5) is 0. The molecule has 0 saturated carbocycles. The second-order valence-electron chi connectivity index (χ2n) is 6.56. The molecule has 0 aliphatic rings. The number of thioether (sulfide) groups is 1. The van der Waals surface area contributed by atoms with Crippen LogP contribution in [0.15, 0.2) is 47.6 Å². The highest BCUT2D eigenvalue weighted by Crippen LogP contribution is 2.30. The van der Waals surface area contributed by atoms with Crippen molar-refractivity contribution in [2.24, 2.45) is 7.05 Å². The Morgan fingerprint density at radius 2 is 2.00 bits per heavy atom. The van der Waals surface area contributed by atoms with Gasteiger partial charge in [0.15, 0.2) is 11.5 Å². The Morgan fingerprint density at radius 1 is 1.13 bits per heavy atom. The van der Waals surface area contributed by atoms with Crippen molar-refractivity contribution in [1.29, 1.82) is 0 Å². The summed E-state index contributed by atoms with van der Waals surface area (Å²) in [5, 5.41) is 16.4. The number of benzene rings is 2. The first kappa shape index (κ1) is 22.4. The molecule has 1 aromatic heterocycles. The zero-order valence-electron chi connectivity index (χ0n) is 17.2. The van der Waals surface area contributed by atoms with Gasteiger partial charge < -0.3 is 14.8 Å². The first-order valence-electron chi connectivity index (χ1n) is 9.85. The zero-order chi connectivity index (χ0) is 21.2. The maximum Gasteiger partial charge on any atom is 0.209 e. The molecule has 7 nitrogen and oxygen atoms in total. The molecule has 0 amide bonds. The summed E-state index contributed by atoms with van der Waals surface area (Å²) < 4.78 is 13.4. The molecule has 0 radical (unpaired) electrons. The predicted molar refractivity (Wildman–Crippen MR) is 119 cm³/mol. The monoisotopic (exact) mass is 447 g/mol. The highest BCUT2D eigenvalue weighted by molar-refractivity contribution is 7.99. The standard InChI is InChI=1S/C21H26ClN5O2S/c1-3-28-20-13-16(14-23-11-6-12-30-21-24-25-26-27(21)2)9-10-19(20)29-15-17-7-4-5-8-18(17)22/h4-5,7-10,13,23H,3,6,11-12,14-15H2,1-2H3. The number of nitrogens with one attached hydrogen (secondary N) is 1. The van der Waals surface area contributed by atoms with Crippen molar-refractivity contribution in [3.8, 4) is 11.5 Å². The molecule has 0 bridgehead atoms. The van der Waals surface area contributed by atoms with E-state index in [9.17, 15) is 0 Å². The van der Waals surface area contributed by atoms with Crippen LogP contribution in [0.2, 0.25) is 5.02 Å². The molecule has 0 spiro atoms. The summed E-state index contributed by atoms with van der Waals surface area (Å²) in [6.45, 7) is 4.62. The molecule has 1 N–H and O–H groups in total. The van der Waals surface area contributed by atoms with Gasteiger partial charge >= 0.3 is 0 Å². The highest BCUT2D eigenvalue weighted by atomic mass is 35.5. The minimum absolute atomic E-state index is 0.399. The van der Waals surface area contributed by atoms with E-state index in [1.807, 2.05) is 50.4 Å². The number of tetrazole rings is 1. The number of ether oxygens (including phenoxy) is 2. The molecule has 1 heterocycles. The minimum atomic E-state index is 0.399. The molecular formula is C21H26ClN5O2S. The molecule has 0 fully saturated rings. The molecular weight excluding hydrogens is 422 g/mol. The Hall–Kier alpha value is -2.29. The van der Waals surface area contributed by atoms with Crippen molar-refractivity contribution in [1.82, 2.24) is 25.5 Å². The second-order valence-corrected chi connectivity index (χ2v) is 8.03. The van der Waals surface area contributed by atoms with E-state index in [1.54, 1.807) is 16.4 Å². The van der Waals surface area contributed by atoms with Gasteiger partial charge in [0.05, 0.1) is 6.61 Å². The van der Waals surface area contributed by atoms with Gasteiger partial charge in [-0.05, 0) is 54.1 Å². The van der Waals surface area contributed by atoms with Crippen LogP contribution in [0.5, 0.6) is 11.5 Å². The first-order valence-corrected chi connectivity index (χ1v) is 11.2. The average molecular weight is 448 g/mol. The van der Waals surface area contributed by atoms with Gasteiger partial charge in [0.1, 0.15) is 6.61 Å².